The van der Waals surface area contributed by atoms with Crippen LogP contribution < -0.4 is 4.74 Å². The molecule has 0 spiro atoms. The predicted molar refractivity (Wildman–Crippen MR) is 75.7 cm³/mol. The number of carbonyl (C=O) groups excluding carboxylic acids is 1. The van der Waals surface area contributed by atoms with Gasteiger partial charge in [-0.05, 0) is 43.5 Å². The summed E-state index contributed by atoms with van der Waals surface area (Å²) < 4.78 is 7.71. The molecule has 0 aliphatic rings. The van der Waals surface area contributed by atoms with Gasteiger partial charge in [0.15, 0.2) is 6.29 Å². The summed E-state index contributed by atoms with van der Waals surface area (Å²) in [4.78, 5) is 10.8. The zero-order valence-electron chi connectivity index (χ0n) is 11.2. The molecule has 0 saturated carbocycles. The topological polar surface area (TPSA) is 31.2 Å². The highest BCUT2D eigenvalue weighted by atomic mass is 16.5. The van der Waals surface area contributed by atoms with Gasteiger partial charge in [0.05, 0.1) is 12.3 Å². The molecule has 100 valence electrons. The highest BCUT2D eigenvalue weighted by molar-refractivity contribution is 5.72. The van der Waals surface area contributed by atoms with Gasteiger partial charge in [0, 0.05) is 12.7 Å². The fourth-order valence-corrected chi connectivity index (χ4v) is 2.02. The van der Waals surface area contributed by atoms with Crippen molar-refractivity contribution in [1.29, 1.82) is 0 Å². The zero-order chi connectivity index (χ0) is 13.5. The summed E-state index contributed by atoms with van der Waals surface area (Å²) in [6.07, 6.45) is 4.81. The maximum Gasteiger partial charge on any atom is 0.166 e. The summed E-state index contributed by atoms with van der Waals surface area (Å²) in [5.41, 5.74) is 1.90. The van der Waals surface area contributed by atoms with Crippen LogP contribution in [0.1, 0.15) is 28.9 Å². The average molecular weight is 257 g/mol. The third-order valence-corrected chi connectivity index (χ3v) is 3.13. The van der Waals surface area contributed by atoms with Crippen LogP contribution in [0.25, 0.3) is 0 Å². The second-order valence-electron chi connectivity index (χ2n) is 4.57. The van der Waals surface area contributed by atoms with E-state index in [2.05, 4.69) is 0 Å². The minimum Gasteiger partial charge on any atom is -0.493 e. The van der Waals surface area contributed by atoms with Gasteiger partial charge in [0.25, 0.3) is 0 Å². The number of carbonyl (C=O) groups is 1. The van der Waals surface area contributed by atoms with Crippen LogP contribution in [0.15, 0.2) is 42.6 Å². The molecule has 3 nitrogen and oxygen atoms in total. The first-order chi connectivity index (χ1) is 9.31. The molecule has 0 N–H and O–H groups in total. The van der Waals surface area contributed by atoms with E-state index in [4.69, 9.17) is 4.74 Å². The highest BCUT2D eigenvalue weighted by Gasteiger charge is 2.00. The lowest BCUT2D eigenvalue weighted by molar-refractivity contribution is 0.111. The van der Waals surface area contributed by atoms with Gasteiger partial charge in [-0.15, -0.1) is 0 Å². The van der Waals surface area contributed by atoms with Crippen molar-refractivity contribution in [2.75, 3.05) is 6.61 Å². The van der Waals surface area contributed by atoms with Crippen LogP contribution in [0.4, 0.5) is 0 Å². The van der Waals surface area contributed by atoms with E-state index in [1.807, 2.05) is 54.1 Å². The minimum absolute atomic E-state index is 0.711. The second kappa shape index (κ2) is 6.78. The SMILES string of the molecule is Cc1ccccc1OCCCCn1cccc1C=O. The molecular formula is C16H19NO2. The quantitative estimate of drug-likeness (QED) is 0.562. The molecule has 0 atom stereocenters. The number of benzene rings is 1. The molecule has 1 aromatic heterocycles. The standard InChI is InChI=1S/C16H19NO2/c1-14-7-2-3-9-16(14)19-12-5-4-10-17-11-6-8-15(17)13-18/h2-3,6-9,11,13H,4-5,10,12H2,1H3. The van der Waals surface area contributed by atoms with Crippen molar-refractivity contribution in [2.24, 2.45) is 0 Å². The maximum absolute atomic E-state index is 10.8. The molecule has 0 unspecified atom stereocenters. The first-order valence-electron chi connectivity index (χ1n) is 6.60. The zero-order valence-corrected chi connectivity index (χ0v) is 11.2. The van der Waals surface area contributed by atoms with Gasteiger partial charge in [-0.3, -0.25) is 4.79 Å². The van der Waals surface area contributed by atoms with E-state index >= 15 is 0 Å². The van der Waals surface area contributed by atoms with Crippen LogP contribution in [0, 0.1) is 6.92 Å². The molecule has 0 aliphatic heterocycles. The molecular weight excluding hydrogens is 238 g/mol. The van der Waals surface area contributed by atoms with Gasteiger partial charge in [-0.1, -0.05) is 18.2 Å². The van der Waals surface area contributed by atoms with Crippen molar-refractivity contribution >= 4 is 6.29 Å². The molecule has 0 aliphatic carbocycles. The number of ether oxygens (including phenoxy) is 1. The van der Waals surface area contributed by atoms with Crippen molar-refractivity contribution in [3.8, 4) is 5.75 Å². The van der Waals surface area contributed by atoms with Crippen molar-refractivity contribution in [1.82, 2.24) is 4.57 Å². The molecule has 2 aromatic rings. The fourth-order valence-electron chi connectivity index (χ4n) is 2.02. The molecule has 2 rings (SSSR count). The Labute approximate surface area is 113 Å². The van der Waals surface area contributed by atoms with E-state index in [0.717, 1.165) is 42.7 Å². The molecule has 0 amide bonds. The molecule has 1 heterocycles. The largest absolute Gasteiger partial charge is 0.493 e. The summed E-state index contributed by atoms with van der Waals surface area (Å²) >= 11 is 0. The van der Waals surface area contributed by atoms with E-state index in [1.165, 1.54) is 0 Å². The number of unbranched alkanes of at least 4 members (excludes halogenated alkanes) is 1. The van der Waals surface area contributed by atoms with E-state index in [1.54, 1.807) is 0 Å². The van der Waals surface area contributed by atoms with Crippen LogP contribution in [-0.2, 0) is 6.54 Å². The van der Waals surface area contributed by atoms with E-state index in [-0.39, 0.29) is 0 Å². The summed E-state index contributed by atoms with van der Waals surface area (Å²) in [6, 6.07) is 11.8. The van der Waals surface area contributed by atoms with E-state index in [9.17, 15) is 4.79 Å². The smallest absolute Gasteiger partial charge is 0.166 e. The number of nitrogens with zero attached hydrogens (tertiary/aromatic N) is 1. The van der Waals surface area contributed by atoms with Crippen LogP contribution in [0.3, 0.4) is 0 Å². The lowest BCUT2D eigenvalue weighted by atomic mass is 10.2. The molecule has 0 radical (unpaired) electrons. The van der Waals surface area contributed by atoms with E-state index in [0.29, 0.717) is 6.61 Å². The molecule has 3 heteroatoms. The first-order valence-corrected chi connectivity index (χ1v) is 6.60. The lowest BCUT2D eigenvalue weighted by Crippen LogP contribution is -2.04. The number of aryl methyl sites for hydroxylation is 2. The monoisotopic (exact) mass is 257 g/mol. The Kier molecular flexibility index (Phi) is 4.78. The first kappa shape index (κ1) is 13.4. The van der Waals surface area contributed by atoms with Crippen molar-refractivity contribution in [2.45, 2.75) is 26.3 Å². The second-order valence-corrected chi connectivity index (χ2v) is 4.57. The normalized spacial score (nSPS) is 10.4. The van der Waals surface area contributed by atoms with Gasteiger partial charge >= 0.3 is 0 Å². The summed E-state index contributed by atoms with van der Waals surface area (Å²) in [5.74, 6) is 0.956. The highest BCUT2D eigenvalue weighted by Crippen LogP contribution is 2.16. The number of aldehydes is 1. The number of para-hydroxylation sites is 1. The van der Waals surface area contributed by atoms with E-state index < -0.39 is 0 Å². The Balaban J connectivity index is 1.70. The molecule has 19 heavy (non-hydrogen) atoms. The van der Waals surface area contributed by atoms with Crippen LogP contribution >= 0.6 is 0 Å². The van der Waals surface area contributed by atoms with Gasteiger partial charge in [-0.25, -0.2) is 0 Å². The minimum atomic E-state index is 0.711. The molecule has 0 saturated heterocycles. The summed E-state index contributed by atoms with van der Waals surface area (Å²) in [7, 11) is 0. The van der Waals surface area contributed by atoms with Gasteiger partial charge in [0.1, 0.15) is 5.75 Å². The Hall–Kier alpha value is -2.03. The molecule has 1 aromatic carbocycles. The Morgan fingerprint density at radius 3 is 2.79 bits per heavy atom. The number of hydrogen-bond acceptors (Lipinski definition) is 2. The fraction of sp³-hybridized carbons (Fsp3) is 0.312. The summed E-state index contributed by atoms with van der Waals surface area (Å²) in [6.45, 7) is 3.62. The lowest BCUT2D eigenvalue weighted by Gasteiger charge is -2.09. The Morgan fingerprint density at radius 2 is 2.00 bits per heavy atom. The number of hydrogen-bond donors (Lipinski definition) is 0. The van der Waals surface area contributed by atoms with Gasteiger partial charge in [-0.2, -0.15) is 0 Å². The summed E-state index contributed by atoms with van der Waals surface area (Å²) in [5, 5.41) is 0. The Morgan fingerprint density at radius 1 is 1.16 bits per heavy atom. The van der Waals surface area contributed by atoms with Crippen molar-refractivity contribution in [3.05, 3.63) is 53.9 Å². The average Bonchev–Trinajstić information content (AvgIpc) is 2.88. The van der Waals surface area contributed by atoms with Crippen LogP contribution in [0.5, 0.6) is 5.75 Å². The van der Waals surface area contributed by atoms with Crippen molar-refractivity contribution in [3.63, 3.8) is 0 Å². The van der Waals surface area contributed by atoms with Gasteiger partial charge < -0.3 is 9.30 Å². The number of aromatic nitrogens is 1. The van der Waals surface area contributed by atoms with Crippen LogP contribution in [0.2, 0.25) is 0 Å². The van der Waals surface area contributed by atoms with Crippen molar-refractivity contribution < 1.29 is 9.53 Å². The third-order valence-electron chi connectivity index (χ3n) is 3.13. The van der Waals surface area contributed by atoms with Crippen LogP contribution in [-0.4, -0.2) is 17.5 Å². The number of rotatable bonds is 7. The predicted octanol–water partition coefficient (Wildman–Crippen LogP) is 3.47. The molecule has 0 bridgehead atoms. The third kappa shape index (κ3) is 3.71. The van der Waals surface area contributed by atoms with Gasteiger partial charge in [0.2, 0.25) is 0 Å². The Bertz CT molecular complexity index is 531. The maximum atomic E-state index is 10.8. The molecule has 0 fully saturated rings.